The Bertz CT molecular complexity index is 1110. The number of benzene rings is 2. The molecule has 114 valence electrons. The minimum absolute atomic E-state index is 0.337. The monoisotopic (exact) mass is 304 g/mol. The van der Waals surface area contributed by atoms with E-state index in [1.165, 1.54) is 5.39 Å². The van der Waals surface area contributed by atoms with Gasteiger partial charge < -0.3 is 10.4 Å². The fraction of sp³-hybridized carbons (Fsp3) is 0.111. The first-order chi connectivity index (χ1) is 11.1. The molecule has 2 aromatic carbocycles. The van der Waals surface area contributed by atoms with Gasteiger partial charge in [-0.15, -0.1) is 0 Å². The fourth-order valence-electron chi connectivity index (χ4n) is 3.08. The van der Waals surface area contributed by atoms with E-state index in [1.54, 1.807) is 0 Å². The van der Waals surface area contributed by atoms with Gasteiger partial charge >= 0.3 is 5.69 Å². The van der Waals surface area contributed by atoms with Gasteiger partial charge in [0.1, 0.15) is 0 Å². The van der Waals surface area contributed by atoms with Crippen LogP contribution in [0.3, 0.4) is 0 Å². The summed E-state index contributed by atoms with van der Waals surface area (Å²) in [6, 6.07) is 14.4. The predicted octanol–water partition coefficient (Wildman–Crippen LogP) is 0.624. The minimum Gasteiger partial charge on any atom is -0.304 e. The number of hydrogen-bond acceptors (Lipinski definition) is 4. The number of nitrogens with zero attached hydrogens (tertiary/aromatic N) is 1. The molecule has 5 heteroatoms. The Balaban J connectivity index is 2.11. The molecule has 0 bridgehead atoms. The van der Waals surface area contributed by atoms with Gasteiger partial charge in [0, 0.05) is 16.5 Å². The molecule has 0 atom stereocenters. The normalized spacial score (nSPS) is 13.5. The van der Waals surface area contributed by atoms with Crippen LogP contribution in [0.1, 0.15) is 18.2 Å². The summed E-state index contributed by atoms with van der Waals surface area (Å²) in [4.78, 5) is 18.7. The summed E-state index contributed by atoms with van der Waals surface area (Å²) in [6.45, 7) is 3.80. The van der Waals surface area contributed by atoms with E-state index >= 15 is 0 Å². The number of aryl methyl sites for hydroxylation is 1. The Morgan fingerprint density at radius 3 is 2.57 bits per heavy atom. The fourth-order valence-corrected chi connectivity index (χ4v) is 3.08. The SMILES string of the molecule is CC1=c2c(C)nc(=O)[nH]c2=C(c2ccc3ccccc3c2)NN1. The molecule has 1 aliphatic heterocycles. The quantitative estimate of drug-likeness (QED) is 0.616. The van der Waals surface area contributed by atoms with Crippen molar-refractivity contribution in [2.24, 2.45) is 0 Å². The molecular formula is C18H16N4O. The van der Waals surface area contributed by atoms with Gasteiger partial charge in [-0.1, -0.05) is 36.4 Å². The van der Waals surface area contributed by atoms with E-state index in [2.05, 4.69) is 45.1 Å². The van der Waals surface area contributed by atoms with Crippen LogP contribution < -0.4 is 27.1 Å². The second kappa shape index (κ2) is 4.98. The summed E-state index contributed by atoms with van der Waals surface area (Å²) in [6.07, 6.45) is 0. The molecule has 1 aliphatic rings. The van der Waals surface area contributed by atoms with Crippen molar-refractivity contribution in [1.29, 1.82) is 0 Å². The Morgan fingerprint density at radius 1 is 0.957 bits per heavy atom. The lowest BCUT2D eigenvalue weighted by Gasteiger charge is -2.19. The average molecular weight is 304 g/mol. The van der Waals surface area contributed by atoms with Crippen molar-refractivity contribution in [3.05, 3.63) is 74.8 Å². The summed E-state index contributed by atoms with van der Waals surface area (Å²) in [7, 11) is 0. The summed E-state index contributed by atoms with van der Waals surface area (Å²) in [5.74, 6) is 0. The van der Waals surface area contributed by atoms with Gasteiger partial charge in [0.2, 0.25) is 0 Å². The Kier molecular flexibility index (Phi) is 2.94. The highest BCUT2D eigenvalue weighted by atomic mass is 16.1. The molecule has 23 heavy (non-hydrogen) atoms. The van der Waals surface area contributed by atoms with E-state index in [0.29, 0.717) is 5.69 Å². The number of rotatable bonds is 1. The lowest BCUT2D eigenvalue weighted by Crippen LogP contribution is -2.51. The third-order valence-corrected chi connectivity index (χ3v) is 4.15. The molecule has 1 aromatic heterocycles. The lowest BCUT2D eigenvalue weighted by atomic mass is 10.0. The molecule has 0 saturated carbocycles. The van der Waals surface area contributed by atoms with Crippen LogP contribution in [0, 0.1) is 6.92 Å². The smallest absolute Gasteiger partial charge is 0.304 e. The van der Waals surface area contributed by atoms with Crippen molar-refractivity contribution in [2.75, 3.05) is 0 Å². The number of hydrogen-bond donors (Lipinski definition) is 3. The van der Waals surface area contributed by atoms with Crippen LogP contribution in [0.5, 0.6) is 0 Å². The zero-order valence-corrected chi connectivity index (χ0v) is 12.9. The van der Waals surface area contributed by atoms with E-state index in [0.717, 1.165) is 32.9 Å². The molecule has 0 fully saturated rings. The largest absolute Gasteiger partial charge is 0.345 e. The van der Waals surface area contributed by atoms with Crippen LogP contribution in [-0.4, -0.2) is 9.97 Å². The van der Waals surface area contributed by atoms with Gasteiger partial charge in [-0.2, -0.15) is 4.98 Å². The van der Waals surface area contributed by atoms with E-state index in [-0.39, 0.29) is 5.69 Å². The Morgan fingerprint density at radius 2 is 1.74 bits per heavy atom. The highest BCUT2D eigenvalue weighted by Crippen LogP contribution is 2.18. The van der Waals surface area contributed by atoms with E-state index in [9.17, 15) is 4.79 Å². The van der Waals surface area contributed by atoms with Crippen LogP contribution >= 0.6 is 0 Å². The highest BCUT2D eigenvalue weighted by molar-refractivity contribution is 5.86. The van der Waals surface area contributed by atoms with Gasteiger partial charge in [-0.3, -0.25) is 5.43 Å². The van der Waals surface area contributed by atoms with Gasteiger partial charge in [0.15, 0.2) is 0 Å². The van der Waals surface area contributed by atoms with Gasteiger partial charge in [-0.25, -0.2) is 4.79 Å². The van der Waals surface area contributed by atoms with Crippen molar-refractivity contribution < 1.29 is 0 Å². The summed E-state index contributed by atoms with van der Waals surface area (Å²) >= 11 is 0. The molecule has 4 rings (SSSR count). The molecular weight excluding hydrogens is 288 g/mol. The number of H-pyrrole nitrogens is 1. The first-order valence-electron chi connectivity index (χ1n) is 7.47. The van der Waals surface area contributed by atoms with Crippen molar-refractivity contribution >= 4 is 22.2 Å². The topological polar surface area (TPSA) is 69.8 Å². The van der Waals surface area contributed by atoms with Crippen molar-refractivity contribution in [3.63, 3.8) is 0 Å². The molecule has 0 spiro atoms. The van der Waals surface area contributed by atoms with Crippen LogP contribution in [0.2, 0.25) is 0 Å². The predicted molar refractivity (Wildman–Crippen MR) is 90.7 cm³/mol. The van der Waals surface area contributed by atoms with Crippen LogP contribution in [0.4, 0.5) is 0 Å². The summed E-state index contributed by atoms with van der Waals surface area (Å²) < 4.78 is 0. The third-order valence-electron chi connectivity index (χ3n) is 4.15. The first kappa shape index (κ1) is 13.6. The number of nitrogens with one attached hydrogen (secondary N) is 3. The molecule has 0 amide bonds. The maximum atomic E-state index is 11.8. The van der Waals surface area contributed by atoms with Gasteiger partial charge in [0.25, 0.3) is 0 Å². The second-order valence-electron chi connectivity index (χ2n) is 5.69. The number of fused-ring (bicyclic) bond motifs is 2. The standard InChI is InChI=1S/C18H16N4O/c1-10-15-11(2)21-22-16(17(15)20-18(23)19-10)14-8-7-12-5-3-4-6-13(12)9-14/h3-9,21-22H,1-2H3,(H,20,23). The van der Waals surface area contributed by atoms with E-state index < -0.39 is 0 Å². The first-order valence-corrected chi connectivity index (χ1v) is 7.47. The number of aromatic amines is 1. The van der Waals surface area contributed by atoms with Crippen molar-refractivity contribution in [3.8, 4) is 0 Å². The third kappa shape index (κ3) is 2.17. The number of hydrazine groups is 1. The zero-order valence-electron chi connectivity index (χ0n) is 12.9. The van der Waals surface area contributed by atoms with Gasteiger partial charge in [0.05, 0.1) is 16.7 Å². The second-order valence-corrected chi connectivity index (χ2v) is 5.69. The molecule has 5 nitrogen and oxygen atoms in total. The highest BCUT2D eigenvalue weighted by Gasteiger charge is 2.13. The summed E-state index contributed by atoms with van der Waals surface area (Å²) in [5.41, 5.74) is 9.52. The molecule has 3 aromatic rings. The Hall–Kier alpha value is -3.08. The maximum absolute atomic E-state index is 11.8. The zero-order chi connectivity index (χ0) is 16.0. The average Bonchev–Trinajstić information content (AvgIpc) is 2.54. The van der Waals surface area contributed by atoms with E-state index in [4.69, 9.17) is 0 Å². The minimum atomic E-state index is -0.337. The van der Waals surface area contributed by atoms with Crippen molar-refractivity contribution in [2.45, 2.75) is 13.8 Å². The van der Waals surface area contributed by atoms with Crippen molar-refractivity contribution in [1.82, 2.24) is 20.8 Å². The Labute approximate surface area is 132 Å². The molecule has 2 heterocycles. The molecule has 3 N–H and O–H groups in total. The molecule has 0 saturated heterocycles. The maximum Gasteiger partial charge on any atom is 0.345 e. The molecule has 0 unspecified atom stereocenters. The van der Waals surface area contributed by atoms with E-state index in [1.807, 2.05) is 32.0 Å². The lowest BCUT2D eigenvalue weighted by molar-refractivity contribution is 0.768. The van der Waals surface area contributed by atoms with Crippen LogP contribution in [0.25, 0.3) is 22.2 Å². The van der Waals surface area contributed by atoms with Gasteiger partial charge in [-0.05, 0) is 30.7 Å². The summed E-state index contributed by atoms with van der Waals surface area (Å²) in [5, 5.41) is 4.05. The van der Waals surface area contributed by atoms with Crippen LogP contribution in [0.15, 0.2) is 47.3 Å². The van der Waals surface area contributed by atoms with Crippen LogP contribution in [-0.2, 0) is 0 Å². The number of aromatic nitrogens is 2. The molecule has 0 radical (unpaired) electrons. The molecule has 0 aliphatic carbocycles.